The van der Waals surface area contributed by atoms with Gasteiger partial charge in [0.05, 0.1) is 6.20 Å². The lowest BCUT2D eigenvalue weighted by molar-refractivity contribution is -0.166. The van der Waals surface area contributed by atoms with Gasteiger partial charge in [-0.25, -0.2) is 0 Å². The van der Waals surface area contributed by atoms with Crippen molar-refractivity contribution in [3.8, 4) is 0 Å². The fraction of sp³-hybridized carbons (Fsp3) is 0.700. The molecule has 0 aliphatic carbocycles. The second-order valence-corrected chi connectivity index (χ2v) is 3.32. The van der Waals surface area contributed by atoms with Gasteiger partial charge < -0.3 is 14.6 Å². The van der Waals surface area contributed by atoms with Crippen molar-refractivity contribution in [2.45, 2.75) is 32.3 Å². The summed E-state index contributed by atoms with van der Waals surface area (Å²) < 4.78 is 11.7. The van der Waals surface area contributed by atoms with E-state index in [1.165, 1.54) is 14.2 Å². The van der Waals surface area contributed by atoms with Gasteiger partial charge >= 0.3 is 0 Å². The molecule has 1 atom stereocenters. The van der Waals surface area contributed by atoms with Crippen LogP contribution in [0.3, 0.4) is 0 Å². The maximum Gasteiger partial charge on any atom is 0.187 e. The molecular weight excluding hydrogens is 196 g/mol. The third-order valence-electron chi connectivity index (χ3n) is 2.17. The van der Waals surface area contributed by atoms with Crippen LogP contribution in [0.4, 0.5) is 0 Å². The molecule has 0 spiro atoms. The molecule has 86 valence electrons. The van der Waals surface area contributed by atoms with Gasteiger partial charge in [0.25, 0.3) is 0 Å². The molecule has 0 aliphatic heterocycles. The van der Waals surface area contributed by atoms with E-state index in [2.05, 4.69) is 12.0 Å². The highest BCUT2D eigenvalue weighted by Gasteiger charge is 2.21. The van der Waals surface area contributed by atoms with Gasteiger partial charge in [-0.1, -0.05) is 6.92 Å². The Kier molecular flexibility index (Phi) is 4.74. The van der Waals surface area contributed by atoms with E-state index in [0.29, 0.717) is 5.56 Å². The monoisotopic (exact) mass is 214 g/mol. The van der Waals surface area contributed by atoms with Crippen LogP contribution in [0.15, 0.2) is 12.4 Å². The minimum absolute atomic E-state index is 0.649. The summed E-state index contributed by atoms with van der Waals surface area (Å²) in [7, 11) is 2.99. The average Bonchev–Trinajstić information content (AvgIpc) is 2.68. The summed E-state index contributed by atoms with van der Waals surface area (Å²) in [6.07, 6.45) is 3.00. The van der Waals surface area contributed by atoms with Gasteiger partial charge in [-0.2, -0.15) is 5.10 Å². The zero-order valence-electron chi connectivity index (χ0n) is 9.38. The number of aryl methyl sites for hydroxylation is 1. The van der Waals surface area contributed by atoms with Crippen LogP contribution < -0.4 is 0 Å². The van der Waals surface area contributed by atoms with Crippen LogP contribution in [0, 0.1) is 0 Å². The summed E-state index contributed by atoms with van der Waals surface area (Å²) in [5.41, 5.74) is 0.706. The molecule has 0 saturated heterocycles. The average molecular weight is 214 g/mol. The summed E-state index contributed by atoms with van der Waals surface area (Å²) in [5.74, 6) is 0. The van der Waals surface area contributed by atoms with Crippen molar-refractivity contribution in [1.82, 2.24) is 9.78 Å². The van der Waals surface area contributed by atoms with Gasteiger partial charge in [0, 0.05) is 32.5 Å². The largest absolute Gasteiger partial charge is 0.383 e. The van der Waals surface area contributed by atoms with Crippen molar-refractivity contribution >= 4 is 0 Å². The Morgan fingerprint density at radius 2 is 2.13 bits per heavy atom. The number of nitrogens with zero attached hydrogens (tertiary/aromatic N) is 2. The molecule has 0 fully saturated rings. The first-order valence-corrected chi connectivity index (χ1v) is 4.99. The van der Waals surface area contributed by atoms with Crippen LogP contribution in [0.5, 0.6) is 0 Å². The molecule has 0 amide bonds. The smallest absolute Gasteiger partial charge is 0.187 e. The fourth-order valence-corrected chi connectivity index (χ4v) is 1.39. The normalized spacial score (nSPS) is 13.4. The summed E-state index contributed by atoms with van der Waals surface area (Å²) >= 11 is 0. The lowest BCUT2D eigenvalue weighted by atomic mass is 10.2. The van der Waals surface area contributed by atoms with Crippen molar-refractivity contribution in [3.63, 3.8) is 0 Å². The summed E-state index contributed by atoms with van der Waals surface area (Å²) in [5, 5.41) is 14.0. The molecule has 0 aromatic carbocycles. The van der Waals surface area contributed by atoms with E-state index >= 15 is 0 Å². The summed E-state index contributed by atoms with van der Waals surface area (Å²) in [6, 6.07) is 0. The molecular formula is C10H18N2O3. The zero-order valence-corrected chi connectivity index (χ0v) is 9.38. The predicted molar refractivity (Wildman–Crippen MR) is 55.3 cm³/mol. The van der Waals surface area contributed by atoms with Gasteiger partial charge in [-0.05, 0) is 6.42 Å². The van der Waals surface area contributed by atoms with E-state index in [1.54, 1.807) is 17.1 Å². The second kappa shape index (κ2) is 5.85. The standard InChI is InChI=1S/C10H18N2O3/c1-4-5-12-7-8(6-11-12)9(13)10(14-2)15-3/h6-7,9-10,13H,4-5H2,1-3H3. The molecule has 1 rings (SSSR count). The number of aliphatic hydroxyl groups excluding tert-OH is 1. The van der Waals surface area contributed by atoms with Crippen molar-refractivity contribution < 1.29 is 14.6 Å². The van der Waals surface area contributed by atoms with Gasteiger partial charge in [-0.3, -0.25) is 4.68 Å². The number of methoxy groups -OCH3 is 2. The van der Waals surface area contributed by atoms with Crippen LogP contribution >= 0.6 is 0 Å². The molecule has 1 N–H and O–H groups in total. The first-order chi connectivity index (χ1) is 7.22. The maximum atomic E-state index is 9.86. The lowest BCUT2D eigenvalue weighted by Gasteiger charge is -2.18. The third-order valence-corrected chi connectivity index (χ3v) is 2.17. The highest BCUT2D eigenvalue weighted by Crippen LogP contribution is 2.18. The first-order valence-electron chi connectivity index (χ1n) is 4.99. The summed E-state index contributed by atoms with van der Waals surface area (Å²) in [6.45, 7) is 2.92. The van der Waals surface area contributed by atoms with E-state index in [-0.39, 0.29) is 0 Å². The van der Waals surface area contributed by atoms with E-state index < -0.39 is 12.4 Å². The van der Waals surface area contributed by atoms with E-state index in [9.17, 15) is 5.11 Å². The molecule has 5 heteroatoms. The highest BCUT2D eigenvalue weighted by molar-refractivity contribution is 5.08. The van der Waals surface area contributed by atoms with E-state index in [0.717, 1.165) is 13.0 Å². The van der Waals surface area contributed by atoms with Crippen molar-refractivity contribution in [3.05, 3.63) is 18.0 Å². The van der Waals surface area contributed by atoms with E-state index in [1.807, 2.05) is 0 Å². The minimum atomic E-state index is -0.800. The Hall–Kier alpha value is -0.910. The Bertz CT molecular complexity index is 284. The minimum Gasteiger partial charge on any atom is -0.383 e. The molecule has 0 bridgehead atoms. The van der Waals surface area contributed by atoms with Crippen LogP contribution in [-0.4, -0.2) is 35.4 Å². The molecule has 0 aliphatic rings. The molecule has 1 heterocycles. The summed E-state index contributed by atoms with van der Waals surface area (Å²) in [4.78, 5) is 0. The van der Waals surface area contributed by atoms with Crippen molar-refractivity contribution in [2.75, 3.05) is 14.2 Å². The second-order valence-electron chi connectivity index (χ2n) is 3.32. The Balaban J connectivity index is 2.68. The van der Waals surface area contributed by atoms with Crippen LogP contribution in [0.2, 0.25) is 0 Å². The predicted octanol–water partition coefficient (Wildman–Crippen LogP) is 0.945. The van der Waals surface area contributed by atoms with Crippen LogP contribution in [0.1, 0.15) is 25.0 Å². The SMILES string of the molecule is CCCn1cc(C(O)C(OC)OC)cn1. The van der Waals surface area contributed by atoms with Crippen molar-refractivity contribution in [2.24, 2.45) is 0 Å². The Labute approximate surface area is 89.6 Å². The van der Waals surface area contributed by atoms with Crippen molar-refractivity contribution in [1.29, 1.82) is 0 Å². The molecule has 1 aromatic rings. The van der Waals surface area contributed by atoms with Gasteiger partial charge in [0.1, 0.15) is 6.10 Å². The number of rotatable bonds is 6. The lowest BCUT2D eigenvalue weighted by Crippen LogP contribution is -2.22. The van der Waals surface area contributed by atoms with Crippen LogP contribution in [0.25, 0.3) is 0 Å². The van der Waals surface area contributed by atoms with Gasteiger partial charge in [-0.15, -0.1) is 0 Å². The Morgan fingerprint density at radius 1 is 1.47 bits per heavy atom. The Morgan fingerprint density at radius 3 is 2.67 bits per heavy atom. The number of aliphatic hydroxyl groups is 1. The number of ether oxygens (including phenoxy) is 2. The van der Waals surface area contributed by atoms with Gasteiger partial charge in [0.15, 0.2) is 6.29 Å². The molecule has 1 unspecified atom stereocenters. The molecule has 5 nitrogen and oxygen atoms in total. The number of hydrogen-bond acceptors (Lipinski definition) is 4. The topological polar surface area (TPSA) is 56.5 Å². The van der Waals surface area contributed by atoms with E-state index in [4.69, 9.17) is 9.47 Å². The highest BCUT2D eigenvalue weighted by atomic mass is 16.7. The third kappa shape index (κ3) is 3.02. The quantitative estimate of drug-likeness (QED) is 0.716. The molecule has 0 saturated carbocycles. The molecule has 1 aromatic heterocycles. The van der Waals surface area contributed by atoms with Gasteiger partial charge in [0.2, 0.25) is 0 Å². The first kappa shape index (κ1) is 12.2. The zero-order chi connectivity index (χ0) is 11.3. The molecule has 15 heavy (non-hydrogen) atoms. The molecule has 0 radical (unpaired) electrons. The van der Waals surface area contributed by atoms with Crippen LogP contribution in [-0.2, 0) is 16.0 Å². The number of aromatic nitrogens is 2. The number of hydrogen-bond donors (Lipinski definition) is 1. The maximum absolute atomic E-state index is 9.86. The fourth-order valence-electron chi connectivity index (χ4n) is 1.39.